The molecular formula is C50H95NO5. The van der Waals surface area contributed by atoms with Gasteiger partial charge in [-0.3, -0.25) is 9.59 Å². The molecule has 0 aromatic carbocycles. The summed E-state index contributed by atoms with van der Waals surface area (Å²) in [6.07, 6.45) is 53.3. The van der Waals surface area contributed by atoms with E-state index in [-0.39, 0.29) is 18.5 Å². The summed E-state index contributed by atoms with van der Waals surface area (Å²) in [5.74, 6) is -0.163. The Hall–Kier alpha value is -1.66. The van der Waals surface area contributed by atoms with Gasteiger partial charge in [0.15, 0.2) is 0 Å². The fourth-order valence-corrected chi connectivity index (χ4v) is 7.40. The summed E-state index contributed by atoms with van der Waals surface area (Å²) in [5.41, 5.74) is 0. The van der Waals surface area contributed by atoms with Gasteiger partial charge in [0.1, 0.15) is 0 Å². The Kier molecular flexibility index (Phi) is 44.7. The summed E-state index contributed by atoms with van der Waals surface area (Å²) >= 11 is 0. The van der Waals surface area contributed by atoms with Crippen LogP contribution in [0.5, 0.6) is 0 Å². The lowest BCUT2D eigenvalue weighted by Gasteiger charge is -2.19. The maximum Gasteiger partial charge on any atom is 0.305 e. The van der Waals surface area contributed by atoms with Gasteiger partial charge in [0, 0.05) is 12.8 Å². The molecule has 0 aliphatic heterocycles. The lowest BCUT2D eigenvalue weighted by atomic mass is 10.0. The van der Waals surface area contributed by atoms with Crippen molar-refractivity contribution in [2.75, 3.05) is 13.2 Å². The van der Waals surface area contributed by atoms with Gasteiger partial charge in [-0.05, 0) is 51.4 Å². The molecule has 0 bridgehead atoms. The largest absolute Gasteiger partial charge is 0.466 e. The van der Waals surface area contributed by atoms with Crippen molar-refractivity contribution in [1.82, 2.24) is 5.32 Å². The third-order valence-corrected chi connectivity index (χ3v) is 11.2. The molecule has 0 aromatic heterocycles. The SMILES string of the molecule is CCCCCCCCCCCC/C=C/C(O)C(CO)NC(=O)CCC/C=C\CCCCCCOC(=O)CCCCCCCCCCCCCCCCCCCC. The van der Waals surface area contributed by atoms with E-state index in [1.165, 1.54) is 161 Å². The Bertz CT molecular complexity index is 874. The Morgan fingerprint density at radius 2 is 0.857 bits per heavy atom. The van der Waals surface area contributed by atoms with Crippen LogP contribution in [0, 0.1) is 0 Å². The zero-order chi connectivity index (χ0) is 40.8. The fourth-order valence-electron chi connectivity index (χ4n) is 7.40. The maximum atomic E-state index is 12.4. The van der Waals surface area contributed by atoms with Crippen LogP contribution in [-0.2, 0) is 14.3 Å². The molecule has 56 heavy (non-hydrogen) atoms. The van der Waals surface area contributed by atoms with Crippen LogP contribution in [0.2, 0.25) is 0 Å². The van der Waals surface area contributed by atoms with Gasteiger partial charge >= 0.3 is 5.97 Å². The highest BCUT2D eigenvalue weighted by Crippen LogP contribution is 2.16. The quantitative estimate of drug-likeness (QED) is 0.0324. The average molecular weight is 790 g/mol. The predicted molar refractivity (Wildman–Crippen MR) is 241 cm³/mol. The second kappa shape index (κ2) is 46.0. The third kappa shape index (κ3) is 42.0. The molecule has 0 rings (SSSR count). The van der Waals surface area contributed by atoms with Crippen LogP contribution < -0.4 is 5.32 Å². The Morgan fingerprint density at radius 1 is 0.482 bits per heavy atom. The monoisotopic (exact) mass is 790 g/mol. The highest BCUT2D eigenvalue weighted by atomic mass is 16.5. The van der Waals surface area contributed by atoms with Crippen molar-refractivity contribution in [2.45, 2.75) is 270 Å². The van der Waals surface area contributed by atoms with Crippen LogP contribution in [0.15, 0.2) is 24.3 Å². The van der Waals surface area contributed by atoms with Crippen molar-refractivity contribution in [3.63, 3.8) is 0 Å². The zero-order valence-electron chi connectivity index (χ0n) is 37.4. The number of aliphatic hydroxyl groups is 2. The molecule has 0 radical (unpaired) electrons. The molecule has 0 saturated carbocycles. The molecule has 6 heteroatoms. The van der Waals surface area contributed by atoms with E-state index in [0.717, 1.165) is 70.6 Å². The van der Waals surface area contributed by atoms with Gasteiger partial charge in [0.05, 0.1) is 25.4 Å². The Labute approximate surface area is 348 Å². The van der Waals surface area contributed by atoms with E-state index >= 15 is 0 Å². The van der Waals surface area contributed by atoms with Gasteiger partial charge in [-0.15, -0.1) is 0 Å². The maximum absolute atomic E-state index is 12.4. The number of aliphatic hydroxyl groups excluding tert-OH is 2. The molecule has 330 valence electrons. The molecule has 0 fully saturated rings. The van der Waals surface area contributed by atoms with Gasteiger partial charge in [0.25, 0.3) is 0 Å². The first kappa shape index (κ1) is 54.3. The van der Waals surface area contributed by atoms with E-state index in [0.29, 0.717) is 19.4 Å². The lowest BCUT2D eigenvalue weighted by Crippen LogP contribution is -2.45. The summed E-state index contributed by atoms with van der Waals surface area (Å²) in [6.45, 7) is 4.80. The van der Waals surface area contributed by atoms with Crippen molar-refractivity contribution < 1.29 is 24.5 Å². The Morgan fingerprint density at radius 3 is 1.30 bits per heavy atom. The van der Waals surface area contributed by atoms with Crippen LogP contribution in [0.4, 0.5) is 0 Å². The number of esters is 1. The van der Waals surface area contributed by atoms with Crippen molar-refractivity contribution in [3.8, 4) is 0 Å². The van der Waals surface area contributed by atoms with Crippen molar-refractivity contribution >= 4 is 11.9 Å². The molecular weight excluding hydrogens is 695 g/mol. The molecule has 3 N–H and O–H groups in total. The molecule has 1 amide bonds. The topological polar surface area (TPSA) is 95.9 Å². The van der Waals surface area contributed by atoms with Gasteiger partial charge < -0.3 is 20.3 Å². The minimum Gasteiger partial charge on any atom is -0.466 e. The highest BCUT2D eigenvalue weighted by Gasteiger charge is 2.17. The van der Waals surface area contributed by atoms with Crippen LogP contribution in [0.25, 0.3) is 0 Å². The van der Waals surface area contributed by atoms with Gasteiger partial charge in [-0.2, -0.15) is 0 Å². The molecule has 6 nitrogen and oxygen atoms in total. The van der Waals surface area contributed by atoms with E-state index in [2.05, 4.69) is 31.3 Å². The summed E-state index contributed by atoms with van der Waals surface area (Å²) in [7, 11) is 0. The van der Waals surface area contributed by atoms with E-state index in [1.54, 1.807) is 6.08 Å². The number of ether oxygens (including phenoxy) is 1. The molecule has 0 aliphatic rings. The minimum absolute atomic E-state index is 0.0344. The molecule has 0 saturated heterocycles. The molecule has 0 heterocycles. The standard InChI is InChI=1S/C50H95NO5/c1-3-5-7-9-11-13-15-17-18-19-20-21-22-24-28-32-36-40-44-50(55)56-45-41-37-33-29-25-27-31-35-39-43-49(54)51-47(46-52)48(53)42-38-34-30-26-23-16-14-12-10-8-6-4-2/h27,31,38,42,47-48,52-53H,3-26,28-30,32-37,39-41,43-46H2,1-2H3,(H,51,54)/b31-27-,42-38+. The van der Waals surface area contributed by atoms with Crippen molar-refractivity contribution in [1.29, 1.82) is 0 Å². The van der Waals surface area contributed by atoms with Gasteiger partial charge in [-0.1, -0.05) is 218 Å². The van der Waals surface area contributed by atoms with Crippen LogP contribution in [-0.4, -0.2) is 47.4 Å². The summed E-state index contributed by atoms with van der Waals surface area (Å²) < 4.78 is 5.44. The number of hydrogen-bond acceptors (Lipinski definition) is 5. The second-order valence-corrected chi connectivity index (χ2v) is 16.8. The number of rotatable bonds is 45. The van der Waals surface area contributed by atoms with Crippen LogP contribution in [0.3, 0.4) is 0 Å². The molecule has 0 aliphatic carbocycles. The first-order valence-corrected chi connectivity index (χ1v) is 24.6. The molecule has 0 aromatic rings. The highest BCUT2D eigenvalue weighted by molar-refractivity contribution is 5.76. The van der Waals surface area contributed by atoms with E-state index in [4.69, 9.17) is 4.74 Å². The zero-order valence-corrected chi connectivity index (χ0v) is 37.4. The summed E-state index contributed by atoms with van der Waals surface area (Å²) in [4.78, 5) is 24.4. The number of carbonyl (C=O) groups excluding carboxylic acids is 2. The van der Waals surface area contributed by atoms with E-state index in [1.807, 2.05) is 6.08 Å². The van der Waals surface area contributed by atoms with Crippen molar-refractivity contribution in [3.05, 3.63) is 24.3 Å². The van der Waals surface area contributed by atoms with Crippen LogP contribution in [0.1, 0.15) is 258 Å². The second-order valence-electron chi connectivity index (χ2n) is 16.8. The number of hydrogen-bond donors (Lipinski definition) is 3. The number of nitrogens with one attached hydrogen (secondary N) is 1. The lowest BCUT2D eigenvalue weighted by molar-refractivity contribution is -0.143. The van der Waals surface area contributed by atoms with E-state index < -0.39 is 12.1 Å². The molecule has 0 spiro atoms. The minimum atomic E-state index is -0.873. The van der Waals surface area contributed by atoms with Crippen LogP contribution >= 0.6 is 0 Å². The number of unbranched alkanes of at least 4 members (excludes halogenated alkanes) is 32. The average Bonchev–Trinajstić information content (AvgIpc) is 3.20. The predicted octanol–water partition coefficient (Wildman–Crippen LogP) is 14.3. The molecule has 2 unspecified atom stereocenters. The van der Waals surface area contributed by atoms with Gasteiger partial charge in [-0.25, -0.2) is 0 Å². The normalized spacial score (nSPS) is 12.9. The first-order chi connectivity index (χ1) is 27.5. The first-order valence-electron chi connectivity index (χ1n) is 24.6. The summed E-state index contributed by atoms with van der Waals surface area (Å²) in [5, 5.41) is 22.9. The van der Waals surface area contributed by atoms with E-state index in [9.17, 15) is 19.8 Å². The van der Waals surface area contributed by atoms with Gasteiger partial charge in [0.2, 0.25) is 5.91 Å². The van der Waals surface area contributed by atoms with Crippen molar-refractivity contribution in [2.24, 2.45) is 0 Å². The fraction of sp³-hybridized carbons (Fsp3) is 0.880. The molecule has 2 atom stereocenters. The Balaban J connectivity index is 3.53. The smallest absolute Gasteiger partial charge is 0.305 e. The number of carbonyl (C=O) groups is 2. The summed E-state index contributed by atoms with van der Waals surface area (Å²) in [6, 6.07) is -0.663. The number of amides is 1. The number of allylic oxidation sites excluding steroid dienone is 3. The third-order valence-electron chi connectivity index (χ3n) is 11.2.